The van der Waals surface area contributed by atoms with E-state index in [2.05, 4.69) is 15.3 Å². The van der Waals surface area contributed by atoms with Crippen molar-refractivity contribution in [1.82, 2.24) is 14.9 Å². The molecule has 1 aromatic carbocycles. The molecule has 2 aliphatic rings. The van der Waals surface area contributed by atoms with Gasteiger partial charge >= 0.3 is 6.09 Å². The molecule has 1 amide bonds. The van der Waals surface area contributed by atoms with Crippen molar-refractivity contribution in [3.8, 4) is 0 Å². The molecule has 8 nitrogen and oxygen atoms in total. The molecule has 0 radical (unpaired) electrons. The van der Waals surface area contributed by atoms with Gasteiger partial charge in [0.25, 0.3) is 0 Å². The number of hydrogen-bond acceptors (Lipinski definition) is 7. The number of halogens is 1. The molecule has 2 aromatic rings. The molecule has 2 heterocycles. The van der Waals surface area contributed by atoms with Crippen LogP contribution in [0.5, 0.6) is 0 Å². The molecule has 1 N–H and O–H groups in total. The van der Waals surface area contributed by atoms with Crippen LogP contribution in [0.15, 0.2) is 34.2 Å². The molecule has 1 aromatic heterocycles. The number of aryl methyl sites for hydroxylation is 1. The van der Waals surface area contributed by atoms with Crippen LogP contribution in [-0.2, 0) is 27.4 Å². The van der Waals surface area contributed by atoms with E-state index in [4.69, 9.17) is 4.74 Å². The Kier molecular flexibility index (Phi) is 7.30. The van der Waals surface area contributed by atoms with Gasteiger partial charge in [0, 0.05) is 25.2 Å². The summed E-state index contributed by atoms with van der Waals surface area (Å²) in [4.78, 5) is 23.1. The predicted octanol–water partition coefficient (Wildman–Crippen LogP) is 4.39. The molecule has 1 fully saturated rings. The number of hydrogen-bond donors (Lipinski definition) is 1. The number of benzene rings is 1. The number of ether oxygens (including phenoxy) is 1. The molecule has 0 atom stereocenters. The van der Waals surface area contributed by atoms with Crippen LogP contribution in [0, 0.1) is 11.7 Å². The summed E-state index contributed by atoms with van der Waals surface area (Å²) >= 11 is 0. The molecule has 0 unspecified atom stereocenters. The summed E-state index contributed by atoms with van der Waals surface area (Å²) in [6.07, 6.45) is 4.45. The van der Waals surface area contributed by atoms with Gasteiger partial charge in [-0.05, 0) is 89.5 Å². The lowest BCUT2D eigenvalue weighted by atomic mass is 9.97. The van der Waals surface area contributed by atoms with Crippen molar-refractivity contribution >= 4 is 21.9 Å². The van der Waals surface area contributed by atoms with Gasteiger partial charge in [-0.3, -0.25) is 0 Å². The van der Waals surface area contributed by atoms with Gasteiger partial charge in [-0.25, -0.2) is 27.6 Å². The minimum Gasteiger partial charge on any atom is -0.444 e. The van der Waals surface area contributed by atoms with Crippen LogP contribution in [0.1, 0.15) is 57.7 Å². The summed E-state index contributed by atoms with van der Waals surface area (Å²) in [6, 6.07) is 4.83. The lowest BCUT2D eigenvalue weighted by Gasteiger charge is -2.33. The number of likely N-dealkylation sites (tertiary alicyclic amines) is 1. The van der Waals surface area contributed by atoms with E-state index in [0.717, 1.165) is 43.5 Å². The summed E-state index contributed by atoms with van der Waals surface area (Å²) in [5.74, 6) is 0.0973. The van der Waals surface area contributed by atoms with Gasteiger partial charge in [-0.1, -0.05) is 0 Å². The Morgan fingerprint density at radius 3 is 2.43 bits per heavy atom. The Balaban J connectivity index is 1.47. The van der Waals surface area contributed by atoms with Gasteiger partial charge in [-0.2, -0.15) is 0 Å². The topological polar surface area (TPSA) is 101 Å². The number of nitrogens with zero attached hydrogens (tertiary/aromatic N) is 3. The first-order valence-electron chi connectivity index (χ1n) is 12.2. The summed E-state index contributed by atoms with van der Waals surface area (Å²) in [5, 5.41) is 3.25. The molecule has 1 aliphatic heterocycles. The number of carbonyl (C=O) groups excluding carboxylic acids is 1. The highest BCUT2D eigenvalue weighted by Gasteiger charge is 2.30. The van der Waals surface area contributed by atoms with E-state index in [1.165, 1.54) is 12.1 Å². The molecule has 35 heavy (non-hydrogen) atoms. The monoisotopic (exact) mass is 504 g/mol. The highest BCUT2D eigenvalue weighted by Crippen LogP contribution is 2.30. The quantitative estimate of drug-likeness (QED) is 0.476. The van der Waals surface area contributed by atoms with Crippen LogP contribution in [0.4, 0.5) is 15.1 Å². The Hall–Kier alpha value is -2.75. The lowest BCUT2D eigenvalue weighted by Crippen LogP contribution is -2.42. The minimum atomic E-state index is -3.91. The van der Waals surface area contributed by atoms with Gasteiger partial charge in [0.1, 0.15) is 11.4 Å². The van der Waals surface area contributed by atoms with Gasteiger partial charge in [0.15, 0.2) is 5.03 Å². The van der Waals surface area contributed by atoms with E-state index in [1.807, 2.05) is 20.8 Å². The van der Waals surface area contributed by atoms with Gasteiger partial charge in [0.05, 0.1) is 10.6 Å². The number of amides is 1. The van der Waals surface area contributed by atoms with Crippen molar-refractivity contribution in [2.24, 2.45) is 5.92 Å². The third kappa shape index (κ3) is 6.09. The van der Waals surface area contributed by atoms with Gasteiger partial charge in [0.2, 0.25) is 15.8 Å². The molecule has 1 aliphatic carbocycles. The average Bonchev–Trinajstić information content (AvgIpc) is 2.81. The second-order valence-electron chi connectivity index (χ2n) is 10.2. The molecule has 4 rings (SSSR count). The van der Waals surface area contributed by atoms with Crippen molar-refractivity contribution < 1.29 is 22.3 Å². The maximum atomic E-state index is 13.4. The van der Waals surface area contributed by atoms with E-state index in [9.17, 15) is 17.6 Å². The number of rotatable bonds is 5. The van der Waals surface area contributed by atoms with Crippen molar-refractivity contribution in [1.29, 1.82) is 0 Å². The lowest BCUT2D eigenvalue weighted by molar-refractivity contribution is 0.0188. The molecular formula is C25H33FN4O4S. The largest absolute Gasteiger partial charge is 0.444 e. The Bertz CT molecular complexity index is 1170. The minimum absolute atomic E-state index is 0.0102. The molecule has 1 saturated heterocycles. The maximum Gasteiger partial charge on any atom is 0.410 e. The standard InChI is InChI=1S/C25H33FN4O4S/c1-25(2,3)34-24(31)30-14-12-17(13-15-30)16-27-23-28-21-7-5-4-6-20(21)22(29-23)35(32,33)19-10-8-18(26)9-11-19/h8-11,17H,4-7,12-16H2,1-3H3,(H,27,28,29). The molecule has 0 saturated carbocycles. The highest BCUT2D eigenvalue weighted by molar-refractivity contribution is 7.91. The third-order valence-electron chi connectivity index (χ3n) is 6.34. The van der Waals surface area contributed by atoms with E-state index < -0.39 is 21.3 Å². The zero-order valence-corrected chi connectivity index (χ0v) is 21.3. The summed E-state index contributed by atoms with van der Waals surface area (Å²) in [5.41, 5.74) is 0.900. The van der Waals surface area contributed by atoms with E-state index in [0.29, 0.717) is 49.9 Å². The van der Waals surface area contributed by atoms with Crippen molar-refractivity contribution in [2.75, 3.05) is 25.0 Å². The van der Waals surface area contributed by atoms with Crippen LogP contribution in [0.25, 0.3) is 0 Å². The molecular weight excluding hydrogens is 471 g/mol. The fourth-order valence-corrected chi connectivity index (χ4v) is 5.94. The average molecular weight is 505 g/mol. The first-order valence-corrected chi connectivity index (χ1v) is 13.6. The first-order chi connectivity index (χ1) is 16.5. The van der Waals surface area contributed by atoms with Crippen LogP contribution in [0.3, 0.4) is 0 Å². The van der Waals surface area contributed by atoms with Crippen LogP contribution in [-0.4, -0.2) is 54.6 Å². The molecule has 190 valence electrons. The van der Waals surface area contributed by atoms with Crippen LogP contribution < -0.4 is 5.32 Å². The number of aromatic nitrogens is 2. The molecule has 0 spiro atoms. The number of carbonyl (C=O) groups is 1. The third-order valence-corrected chi connectivity index (χ3v) is 8.08. The molecule has 0 bridgehead atoms. The zero-order chi connectivity index (χ0) is 25.2. The normalized spacial score (nSPS) is 17.1. The van der Waals surface area contributed by atoms with Gasteiger partial charge in [-0.15, -0.1) is 0 Å². The van der Waals surface area contributed by atoms with Crippen molar-refractivity contribution in [3.63, 3.8) is 0 Å². The maximum absolute atomic E-state index is 13.4. The smallest absolute Gasteiger partial charge is 0.410 e. The van der Waals surface area contributed by atoms with E-state index >= 15 is 0 Å². The Morgan fingerprint density at radius 1 is 1.11 bits per heavy atom. The second kappa shape index (κ2) is 10.1. The first kappa shape index (κ1) is 25.3. The Morgan fingerprint density at radius 2 is 1.77 bits per heavy atom. The van der Waals surface area contributed by atoms with Crippen molar-refractivity contribution in [2.45, 2.75) is 74.8 Å². The number of sulfone groups is 1. The number of fused-ring (bicyclic) bond motifs is 1. The van der Waals surface area contributed by atoms with Crippen LogP contribution >= 0.6 is 0 Å². The number of piperidine rings is 1. The second-order valence-corrected chi connectivity index (χ2v) is 12.1. The van der Waals surface area contributed by atoms with Crippen LogP contribution in [0.2, 0.25) is 0 Å². The summed E-state index contributed by atoms with van der Waals surface area (Å²) in [7, 11) is -3.91. The zero-order valence-electron chi connectivity index (χ0n) is 20.5. The SMILES string of the molecule is CC(C)(C)OC(=O)N1CCC(CNc2nc3c(c(S(=O)(=O)c4ccc(F)cc4)n2)CCCC3)CC1. The Labute approximate surface area is 206 Å². The highest BCUT2D eigenvalue weighted by atomic mass is 32.2. The van der Waals surface area contributed by atoms with E-state index in [1.54, 1.807) is 4.90 Å². The van der Waals surface area contributed by atoms with Gasteiger partial charge < -0.3 is 15.0 Å². The summed E-state index contributed by atoms with van der Waals surface area (Å²) < 4.78 is 45.6. The van der Waals surface area contributed by atoms with E-state index in [-0.39, 0.29) is 16.0 Å². The fourth-order valence-electron chi connectivity index (χ4n) is 4.47. The number of anilines is 1. The molecule has 10 heteroatoms. The number of nitrogens with one attached hydrogen (secondary N) is 1. The fraction of sp³-hybridized carbons (Fsp3) is 0.560. The van der Waals surface area contributed by atoms with Crippen molar-refractivity contribution in [3.05, 3.63) is 41.3 Å². The summed E-state index contributed by atoms with van der Waals surface area (Å²) in [6.45, 7) is 7.35. The predicted molar refractivity (Wildman–Crippen MR) is 130 cm³/mol.